The molecule has 1 heterocycles. The molecule has 0 bridgehead atoms. The summed E-state index contributed by atoms with van der Waals surface area (Å²) in [5.41, 5.74) is 0.547. The molecule has 146 valence electrons. The summed E-state index contributed by atoms with van der Waals surface area (Å²) in [6, 6.07) is 8.12. The number of aromatic nitrogens is 2. The normalized spacial score (nSPS) is 12.7. The van der Waals surface area contributed by atoms with Crippen LogP contribution in [0.1, 0.15) is 24.4 Å². The Bertz CT molecular complexity index is 1130. The summed E-state index contributed by atoms with van der Waals surface area (Å²) in [6.07, 6.45) is 0. The Balaban J connectivity index is 1.82. The van der Waals surface area contributed by atoms with Crippen LogP contribution in [-0.4, -0.2) is 23.5 Å². The van der Waals surface area contributed by atoms with Crippen LogP contribution >= 0.6 is 0 Å². The molecule has 0 saturated carbocycles. The summed E-state index contributed by atoms with van der Waals surface area (Å²) in [7, 11) is -4.07. The predicted octanol–water partition coefficient (Wildman–Crippen LogP) is 3.13. The average Bonchev–Trinajstić information content (AvgIpc) is 3.12. The lowest BCUT2D eigenvalue weighted by molar-refractivity contribution is -0.385. The molecular weight excluding hydrogens is 391 g/mol. The topological polar surface area (TPSA) is 128 Å². The molecule has 1 unspecified atom stereocenters. The van der Waals surface area contributed by atoms with Crippen LogP contribution in [0.4, 0.5) is 10.1 Å². The summed E-state index contributed by atoms with van der Waals surface area (Å²) in [4.78, 5) is 14.2. The Kier molecular flexibility index (Phi) is 5.21. The van der Waals surface area contributed by atoms with E-state index in [4.69, 9.17) is 4.52 Å². The number of nitro groups is 1. The molecule has 0 amide bonds. The van der Waals surface area contributed by atoms with E-state index < -0.39 is 26.8 Å². The number of rotatable bonds is 6. The molecule has 3 aromatic rings. The molecule has 11 heteroatoms. The molecule has 0 fully saturated rings. The predicted molar refractivity (Wildman–Crippen MR) is 96.3 cm³/mol. The first-order valence-electron chi connectivity index (χ1n) is 8.04. The van der Waals surface area contributed by atoms with Crippen molar-refractivity contribution in [2.24, 2.45) is 0 Å². The van der Waals surface area contributed by atoms with Crippen molar-refractivity contribution >= 4 is 15.7 Å². The van der Waals surface area contributed by atoms with E-state index in [1.165, 1.54) is 50.2 Å². The van der Waals surface area contributed by atoms with E-state index in [2.05, 4.69) is 14.9 Å². The van der Waals surface area contributed by atoms with E-state index in [0.717, 1.165) is 6.07 Å². The van der Waals surface area contributed by atoms with Crippen LogP contribution in [0, 0.1) is 22.9 Å². The Morgan fingerprint density at radius 1 is 1.21 bits per heavy atom. The molecule has 0 aliphatic rings. The van der Waals surface area contributed by atoms with Gasteiger partial charge in [0.25, 0.3) is 5.69 Å². The lowest BCUT2D eigenvalue weighted by atomic mass is 10.2. The zero-order chi connectivity index (χ0) is 20.5. The van der Waals surface area contributed by atoms with Gasteiger partial charge in [-0.2, -0.15) is 9.71 Å². The zero-order valence-corrected chi connectivity index (χ0v) is 15.6. The van der Waals surface area contributed by atoms with Gasteiger partial charge in [0.1, 0.15) is 5.82 Å². The number of benzene rings is 2. The second kappa shape index (κ2) is 7.44. The highest BCUT2D eigenvalue weighted by atomic mass is 32.2. The fraction of sp³-hybridized carbons (Fsp3) is 0.176. The molecule has 0 aliphatic carbocycles. The number of aryl methyl sites for hydroxylation is 1. The maximum absolute atomic E-state index is 13.0. The molecule has 1 aromatic heterocycles. The number of sulfonamides is 1. The van der Waals surface area contributed by atoms with Crippen molar-refractivity contribution < 1.29 is 22.3 Å². The molecule has 3 rings (SSSR count). The largest absolute Gasteiger partial charge is 0.337 e. The summed E-state index contributed by atoms with van der Waals surface area (Å²) in [5.74, 6) is -0.252. The van der Waals surface area contributed by atoms with Crippen LogP contribution in [0.5, 0.6) is 0 Å². The van der Waals surface area contributed by atoms with Crippen molar-refractivity contribution in [1.29, 1.82) is 0 Å². The van der Waals surface area contributed by atoms with Crippen molar-refractivity contribution in [1.82, 2.24) is 14.9 Å². The van der Waals surface area contributed by atoms with Gasteiger partial charge in [-0.3, -0.25) is 10.1 Å². The van der Waals surface area contributed by atoms with E-state index in [1.54, 1.807) is 0 Å². The summed E-state index contributed by atoms with van der Waals surface area (Å²) >= 11 is 0. The van der Waals surface area contributed by atoms with Gasteiger partial charge in [0, 0.05) is 17.2 Å². The number of nitro benzene ring substituents is 1. The van der Waals surface area contributed by atoms with Crippen LogP contribution in [0.2, 0.25) is 0 Å². The van der Waals surface area contributed by atoms with Crippen molar-refractivity contribution in [3.8, 4) is 11.4 Å². The zero-order valence-electron chi connectivity index (χ0n) is 14.8. The summed E-state index contributed by atoms with van der Waals surface area (Å²) < 4.78 is 45.5. The van der Waals surface area contributed by atoms with Gasteiger partial charge in [-0.05, 0) is 44.2 Å². The Morgan fingerprint density at radius 3 is 2.54 bits per heavy atom. The van der Waals surface area contributed by atoms with Crippen LogP contribution in [0.3, 0.4) is 0 Å². The molecule has 0 aliphatic heterocycles. The highest BCUT2D eigenvalue weighted by molar-refractivity contribution is 7.89. The van der Waals surface area contributed by atoms with Crippen molar-refractivity contribution in [3.05, 3.63) is 69.9 Å². The van der Waals surface area contributed by atoms with E-state index in [9.17, 15) is 22.9 Å². The van der Waals surface area contributed by atoms with Crippen LogP contribution in [-0.2, 0) is 10.0 Å². The standard InChI is InChI=1S/C17H15FN4O5S/c1-10-3-8-14(9-15(10)22(23)24)28(25,26)21-11(2)17-19-16(20-27-17)12-4-6-13(18)7-5-12/h3-9,11,21H,1-2H3. The number of hydrogen-bond acceptors (Lipinski definition) is 7. The molecule has 0 saturated heterocycles. The highest BCUT2D eigenvalue weighted by Crippen LogP contribution is 2.24. The van der Waals surface area contributed by atoms with Crippen molar-refractivity contribution in [3.63, 3.8) is 0 Å². The quantitative estimate of drug-likeness (QED) is 0.492. The van der Waals surface area contributed by atoms with Crippen molar-refractivity contribution in [2.45, 2.75) is 24.8 Å². The van der Waals surface area contributed by atoms with Crippen LogP contribution < -0.4 is 4.72 Å². The Morgan fingerprint density at radius 2 is 1.89 bits per heavy atom. The van der Waals surface area contributed by atoms with Gasteiger partial charge in [0.2, 0.25) is 21.7 Å². The molecule has 0 radical (unpaired) electrons. The first-order valence-corrected chi connectivity index (χ1v) is 9.52. The van der Waals surface area contributed by atoms with Gasteiger partial charge >= 0.3 is 0 Å². The highest BCUT2D eigenvalue weighted by Gasteiger charge is 2.25. The third-order valence-electron chi connectivity index (χ3n) is 3.93. The molecule has 1 N–H and O–H groups in total. The van der Waals surface area contributed by atoms with E-state index in [-0.39, 0.29) is 22.3 Å². The number of nitrogens with zero attached hydrogens (tertiary/aromatic N) is 3. The number of hydrogen-bond donors (Lipinski definition) is 1. The molecule has 2 aromatic carbocycles. The first-order chi connectivity index (χ1) is 13.2. The molecule has 0 spiro atoms. The van der Waals surface area contributed by atoms with Crippen LogP contribution in [0.25, 0.3) is 11.4 Å². The molecule has 28 heavy (non-hydrogen) atoms. The lowest BCUT2D eigenvalue weighted by Gasteiger charge is -2.11. The third kappa shape index (κ3) is 4.05. The van der Waals surface area contributed by atoms with Gasteiger partial charge in [0.15, 0.2) is 0 Å². The monoisotopic (exact) mass is 406 g/mol. The second-order valence-corrected chi connectivity index (χ2v) is 7.73. The van der Waals surface area contributed by atoms with Crippen molar-refractivity contribution in [2.75, 3.05) is 0 Å². The van der Waals surface area contributed by atoms with Gasteiger partial charge in [-0.1, -0.05) is 11.2 Å². The smallest absolute Gasteiger partial charge is 0.273 e. The van der Waals surface area contributed by atoms with Gasteiger partial charge in [-0.25, -0.2) is 12.8 Å². The minimum absolute atomic E-state index is 0.00971. The van der Waals surface area contributed by atoms with Gasteiger partial charge in [-0.15, -0.1) is 0 Å². The molecule has 1 atom stereocenters. The maximum Gasteiger partial charge on any atom is 0.273 e. The fourth-order valence-corrected chi connectivity index (χ4v) is 3.65. The van der Waals surface area contributed by atoms with Gasteiger partial charge in [0.05, 0.1) is 15.9 Å². The van der Waals surface area contributed by atoms with E-state index in [1.807, 2.05) is 0 Å². The second-order valence-electron chi connectivity index (χ2n) is 6.01. The molecule has 9 nitrogen and oxygen atoms in total. The SMILES string of the molecule is Cc1ccc(S(=O)(=O)NC(C)c2nc(-c3ccc(F)cc3)no2)cc1[N+](=O)[O-]. The summed E-state index contributed by atoms with van der Waals surface area (Å²) in [5, 5.41) is 14.8. The van der Waals surface area contributed by atoms with Gasteiger partial charge < -0.3 is 4.52 Å². The van der Waals surface area contributed by atoms with E-state index >= 15 is 0 Å². The van der Waals surface area contributed by atoms with Crippen LogP contribution in [0.15, 0.2) is 51.9 Å². The minimum Gasteiger partial charge on any atom is -0.337 e. The van der Waals surface area contributed by atoms with E-state index in [0.29, 0.717) is 11.1 Å². The number of halogens is 1. The third-order valence-corrected chi connectivity index (χ3v) is 5.47. The average molecular weight is 406 g/mol. The summed E-state index contributed by atoms with van der Waals surface area (Å²) in [6.45, 7) is 3.00. The lowest BCUT2D eigenvalue weighted by Crippen LogP contribution is -2.27. The minimum atomic E-state index is -4.07. The number of nitrogens with one attached hydrogen (secondary N) is 1. The Hall–Kier alpha value is -3.18. The first kappa shape index (κ1) is 19.6. The Labute approximate surface area is 159 Å². The fourth-order valence-electron chi connectivity index (χ4n) is 2.43. The molecular formula is C17H15FN4O5S. The maximum atomic E-state index is 13.0.